The van der Waals surface area contributed by atoms with E-state index in [1.165, 1.54) is 0 Å². The van der Waals surface area contributed by atoms with E-state index in [0.29, 0.717) is 0 Å². The first kappa shape index (κ1) is 8.78. The molecule has 12 heavy (non-hydrogen) atoms. The Bertz CT molecular complexity index is 396. The van der Waals surface area contributed by atoms with Crippen LogP contribution in [-0.4, -0.2) is 9.55 Å². The summed E-state index contributed by atoms with van der Waals surface area (Å²) in [5.41, 5.74) is 0. The Labute approximate surface area is 72.6 Å². The molecule has 1 aromatic rings. The molecule has 0 saturated heterocycles. The van der Waals surface area contributed by atoms with Crippen LogP contribution in [0.5, 0.6) is 0 Å². The highest BCUT2D eigenvalue weighted by molar-refractivity contribution is 5.34. The van der Waals surface area contributed by atoms with Crippen LogP contribution in [0.15, 0.2) is 12.2 Å². The van der Waals surface area contributed by atoms with Gasteiger partial charge < -0.3 is 4.57 Å². The van der Waals surface area contributed by atoms with Crippen LogP contribution in [0.1, 0.15) is 12.7 Å². The molecular formula is C10H14N2. The summed E-state index contributed by atoms with van der Waals surface area (Å²) in [4.78, 5) is 4.34. The minimum Gasteiger partial charge on any atom is -0.332 e. The number of rotatable bonds is 1. The average Bonchev–Trinajstić information content (AvgIpc) is 2.30. The van der Waals surface area contributed by atoms with Gasteiger partial charge in [0.05, 0.1) is 10.7 Å². The summed E-state index contributed by atoms with van der Waals surface area (Å²) in [6.45, 7) is 7.88. The molecule has 2 nitrogen and oxygen atoms in total. The molecule has 0 unspecified atom stereocenters. The van der Waals surface area contributed by atoms with E-state index in [0.717, 1.165) is 16.5 Å². The molecule has 0 aliphatic heterocycles. The smallest absolute Gasteiger partial charge is 0.106 e. The Kier molecular flexibility index (Phi) is 2.48. The van der Waals surface area contributed by atoms with Crippen LogP contribution in [0.25, 0.3) is 12.7 Å². The van der Waals surface area contributed by atoms with Crippen molar-refractivity contribution in [2.75, 3.05) is 0 Å². The number of nitrogens with zero attached hydrogens (tertiary/aromatic N) is 2. The molecule has 2 heteroatoms. The largest absolute Gasteiger partial charge is 0.332 e. The Morgan fingerprint density at radius 2 is 2.17 bits per heavy atom. The molecule has 1 rings (SSSR count). The second kappa shape index (κ2) is 3.39. The molecule has 0 N–H and O–H groups in total. The summed E-state index contributed by atoms with van der Waals surface area (Å²) < 4.78 is 1.98. The lowest BCUT2D eigenvalue weighted by Crippen LogP contribution is -2.26. The molecule has 0 atom stereocenters. The first-order valence-corrected chi connectivity index (χ1v) is 3.98. The maximum atomic E-state index is 4.34. The molecule has 0 spiro atoms. The third kappa shape index (κ3) is 1.47. The topological polar surface area (TPSA) is 17.8 Å². The Hall–Kier alpha value is -1.31. The molecule has 0 radical (unpaired) electrons. The fourth-order valence-electron chi connectivity index (χ4n) is 1.00. The summed E-state index contributed by atoms with van der Waals surface area (Å²) in [5, 5.41) is 1.92. The third-order valence-electron chi connectivity index (χ3n) is 1.91. The van der Waals surface area contributed by atoms with Gasteiger partial charge in [-0.25, -0.2) is 4.98 Å². The van der Waals surface area contributed by atoms with Gasteiger partial charge in [-0.3, -0.25) is 0 Å². The summed E-state index contributed by atoms with van der Waals surface area (Å²) in [5.74, 6) is 0.996. The average molecular weight is 162 g/mol. The fraction of sp³-hybridized carbons (Fsp3) is 0.300. The van der Waals surface area contributed by atoms with Crippen molar-refractivity contribution in [3.63, 3.8) is 0 Å². The first-order chi connectivity index (χ1) is 5.66. The number of aryl methyl sites for hydroxylation is 1. The zero-order chi connectivity index (χ0) is 9.14. The lowest BCUT2D eigenvalue weighted by atomic mass is 10.4. The van der Waals surface area contributed by atoms with Crippen LogP contribution in [0, 0.1) is 6.92 Å². The van der Waals surface area contributed by atoms with Crippen molar-refractivity contribution in [3.05, 3.63) is 28.7 Å². The van der Waals surface area contributed by atoms with Gasteiger partial charge in [0.15, 0.2) is 0 Å². The zero-order valence-corrected chi connectivity index (χ0v) is 7.83. The van der Waals surface area contributed by atoms with Crippen molar-refractivity contribution in [1.82, 2.24) is 9.55 Å². The van der Waals surface area contributed by atoms with E-state index in [2.05, 4.69) is 11.6 Å². The van der Waals surface area contributed by atoms with Crippen molar-refractivity contribution in [1.29, 1.82) is 0 Å². The zero-order valence-electron chi connectivity index (χ0n) is 7.83. The first-order valence-electron chi connectivity index (χ1n) is 3.98. The summed E-state index contributed by atoms with van der Waals surface area (Å²) >= 11 is 0. The van der Waals surface area contributed by atoms with E-state index in [9.17, 15) is 0 Å². The molecule has 0 aromatic carbocycles. The van der Waals surface area contributed by atoms with Gasteiger partial charge in [0.25, 0.3) is 0 Å². The third-order valence-corrected chi connectivity index (χ3v) is 1.91. The second-order valence-corrected chi connectivity index (χ2v) is 2.74. The highest BCUT2D eigenvalue weighted by atomic mass is 15.0. The Balaban J connectivity index is 3.37. The van der Waals surface area contributed by atoms with Gasteiger partial charge >= 0.3 is 0 Å². The number of hydrogen-bond acceptors (Lipinski definition) is 1. The number of hydrogen-bond donors (Lipinski definition) is 0. The highest BCUT2D eigenvalue weighted by Gasteiger charge is 1.94. The molecule has 0 amide bonds. The normalized spacial score (nSPS) is 13.1. The number of imidazole rings is 1. The lowest BCUT2D eigenvalue weighted by molar-refractivity contribution is 0.834. The molecule has 0 aliphatic rings. The van der Waals surface area contributed by atoms with Crippen LogP contribution in [0.4, 0.5) is 0 Å². The molecule has 1 heterocycles. The number of aromatic nitrogens is 2. The summed E-state index contributed by atoms with van der Waals surface area (Å²) in [6, 6.07) is 0. The standard InChI is InChI=1S/C10H14N2/c1-5-6-7-10-8(2)12(4)9(3)11-10/h5-7H,2H2,1,3-4H3/b6-5-,10-7+. The lowest BCUT2D eigenvalue weighted by Gasteiger charge is -1.89. The second-order valence-electron chi connectivity index (χ2n) is 2.74. The van der Waals surface area contributed by atoms with E-state index in [-0.39, 0.29) is 0 Å². The van der Waals surface area contributed by atoms with Crippen LogP contribution in [0.2, 0.25) is 0 Å². The summed E-state index contributed by atoms with van der Waals surface area (Å²) in [6.07, 6.45) is 5.91. The van der Waals surface area contributed by atoms with Gasteiger partial charge in [-0.05, 0) is 19.9 Å². The summed E-state index contributed by atoms with van der Waals surface area (Å²) in [7, 11) is 1.97. The van der Waals surface area contributed by atoms with Crippen molar-refractivity contribution in [2.24, 2.45) is 7.05 Å². The van der Waals surface area contributed by atoms with Gasteiger partial charge in [0.2, 0.25) is 0 Å². The SMILES string of the molecule is C=c1/c(=C\C=C/C)nc(C)n1C. The predicted molar refractivity (Wildman–Crippen MR) is 52.0 cm³/mol. The van der Waals surface area contributed by atoms with Crippen molar-refractivity contribution < 1.29 is 0 Å². The van der Waals surface area contributed by atoms with Crippen molar-refractivity contribution in [3.8, 4) is 0 Å². The maximum absolute atomic E-state index is 4.34. The Morgan fingerprint density at radius 1 is 1.50 bits per heavy atom. The minimum atomic E-state index is 0.952. The molecule has 0 aliphatic carbocycles. The van der Waals surface area contributed by atoms with Gasteiger partial charge in [-0.1, -0.05) is 18.7 Å². The van der Waals surface area contributed by atoms with Gasteiger partial charge in [0, 0.05) is 7.05 Å². The Morgan fingerprint density at radius 3 is 2.58 bits per heavy atom. The minimum absolute atomic E-state index is 0.952. The van der Waals surface area contributed by atoms with Crippen LogP contribution >= 0.6 is 0 Å². The van der Waals surface area contributed by atoms with Gasteiger partial charge in [0.1, 0.15) is 5.82 Å². The van der Waals surface area contributed by atoms with Crippen LogP contribution < -0.4 is 10.7 Å². The van der Waals surface area contributed by atoms with Crippen LogP contribution in [-0.2, 0) is 7.05 Å². The van der Waals surface area contributed by atoms with Gasteiger partial charge in [-0.2, -0.15) is 0 Å². The molecular weight excluding hydrogens is 148 g/mol. The molecule has 0 fully saturated rings. The predicted octanol–water partition coefficient (Wildman–Crippen LogP) is 0.495. The number of allylic oxidation sites excluding steroid dienone is 2. The maximum Gasteiger partial charge on any atom is 0.106 e. The van der Waals surface area contributed by atoms with E-state index in [4.69, 9.17) is 0 Å². The van der Waals surface area contributed by atoms with E-state index in [1.807, 2.05) is 43.7 Å². The molecule has 0 saturated carbocycles. The monoisotopic (exact) mass is 162 g/mol. The fourth-order valence-corrected chi connectivity index (χ4v) is 1.00. The van der Waals surface area contributed by atoms with E-state index >= 15 is 0 Å². The molecule has 1 aromatic heterocycles. The van der Waals surface area contributed by atoms with Crippen LogP contribution in [0.3, 0.4) is 0 Å². The molecule has 64 valence electrons. The quantitative estimate of drug-likeness (QED) is 0.588. The van der Waals surface area contributed by atoms with Crippen molar-refractivity contribution >= 4 is 12.7 Å². The molecule has 0 bridgehead atoms. The highest BCUT2D eigenvalue weighted by Crippen LogP contribution is 1.79. The van der Waals surface area contributed by atoms with Crippen molar-refractivity contribution in [2.45, 2.75) is 13.8 Å². The van der Waals surface area contributed by atoms with E-state index in [1.54, 1.807) is 0 Å². The van der Waals surface area contributed by atoms with E-state index < -0.39 is 0 Å². The van der Waals surface area contributed by atoms with Gasteiger partial charge in [-0.15, -0.1) is 0 Å².